The molecule has 0 fully saturated rings. The minimum atomic E-state index is -4.79. The Morgan fingerprint density at radius 3 is 2.33 bits per heavy atom. The molecule has 0 saturated carbocycles. The zero-order chi connectivity index (χ0) is 16.4. The van der Waals surface area contributed by atoms with Crippen molar-refractivity contribution in [2.24, 2.45) is 0 Å². The Labute approximate surface area is 124 Å². The highest BCUT2D eigenvalue weighted by Gasteiger charge is 2.39. The summed E-state index contributed by atoms with van der Waals surface area (Å²) in [6.45, 7) is 4.99. The van der Waals surface area contributed by atoms with Gasteiger partial charge >= 0.3 is 12.3 Å². The maximum Gasteiger partial charge on any atom is 0.418 e. The molecule has 0 saturated heterocycles. The van der Waals surface area contributed by atoms with E-state index >= 15 is 0 Å². The van der Waals surface area contributed by atoms with Gasteiger partial charge in [-0.3, -0.25) is 5.32 Å². The molecule has 0 radical (unpaired) electrons. The number of anilines is 1. The SMILES string of the molecule is CC(C)(C)OC(=O)Nc1ccc([C@H](O)C(F)(F)F)cc1Cl. The summed E-state index contributed by atoms with van der Waals surface area (Å²) in [5.41, 5.74) is -1.05. The molecule has 1 aromatic carbocycles. The van der Waals surface area contributed by atoms with Gasteiger partial charge in [0, 0.05) is 0 Å². The van der Waals surface area contributed by atoms with Crippen LogP contribution in [0, 0.1) is 0 Å². The second-order valence-corrected chi connectivity index (χ2v) is 5.72. The predicted molar refractivity (Wildman–Crippen MR) is 72.3 cm³/mol. The molecule has 118 valence electrons. The van der Waals surface area contributed by atoms with Crippen LogP contribution in [0.5, 0.6) is 0 Å². The fourth-order valence-corrected chi connectivity index (χ4v) is 1.64. The molecule has 1 amide bonds. The number of aliphatic hydroxyl groups is 1. The highest BCUT2D eigenvalue weighted by Crippen LogP contribution is 2.35. The first-order valence-electron chi connectivity index (χ1n) is 5.94. The molecule has 0 aliphatic heterocycles. The molecule has 0 aliphatic rings. The molecule has 1 aromatic rings. The molecule has 2 N–H and O–H groups in total. The van der Waals surface area contributed by atoms with E-state index in [1.54, 1.807) is 20.8 Å². The van der Waals surface area contributed by atoms with E-state index in [9.17, 15) is 18.0 Å². The number of hydrogen-bond donors (Lipinski definition) is 2. The maximum atomic E-state index is 12.4. The highest BCUT2D eigenvalue weighted by atomic mass is 35.5. The smallest absolute Gasteiger partial charge is 0.418 e. The number of halogens is 4. The lowest BCUT2D eigenvalue weighted by Gasteiger charge is -2.20. The first kappa shape index (κ1) is 17.6. The topological polar surface area (TPSA) is 58.6 Å². The molecule has 4 nitrogen and oxygen atoms in total. The number of hydrogen-bond acceptors (Lipinski definition) is 3. The van der Waals surface area contributed by atoms with Gasteiger partial charge in [-0.05, 0) is 38.5 Å². The molecule has 1 rings (SSSR count). The van der Waals surface area contributed by atoms with Crippen molar-refractivity contribution in [1.29, 1.82) is 0 Å². The number of aliphatic hydroxyl groups excluding tert-OH is 1. The van der Waals surface area contributed by atoms with E-state index in [4.69, 9.17) is 21.4 Å². The van der Waals surface area contributed by atoms with Gasteiger partial charge in [0.15, 0.2) is 6.10 Å². The summed E-state index contributed by atoms with van der Waals surface area (Å²) in [7, 11) is 0. The molecule has 0 aliphatic carbocycles. The fraction of sp³-hybridized carbons (Fsp3) is 0.462. The van der Waals surface area contributed by atoms with Gasteiger partial charge in [0.2, 0.25) is 0 Å². The van der Waals surface area contributed by atoms with Crippen molar-refractivity contribution in [2.75, 3.05) is 5.32 Å². The van der Waals surface area contributed by atoms with Crippen molar-refractivity contribution in [3.63, 3.8) is 0 Å². The Bertz CT molecular complexity index is 526. The molecule has 8 heteroatoms. The normalized spacial score (nSPS) is 13.7. The third-order valence-electron chi connectivity index (χ3n) is 2.25. The summed E-state index contributed by atoms with van der Waals surface area (Å²) >= 11 is 5.79. The van der Waals surface area contributed by atoms with Crippen LogP contribution in [-0.4, -0.2) is 23.0 Å². The van der Waals surface area contributed by atoms with Crippen LogP contribution in [0.25, 0.3) is 0 Å². The minimum absolute atomic E-state index is 0.0871. The van der Waals surface area contributed by atoms with Crippen molar-refractivity contribution >= 4 is 23.4 Å². The zero-order valence-electron chi connectivity index (χ0n) is 11.6. The average Bonchev–Trinajstić information content (AvgIpc) is 2.27. The third-order valence-corrected chi connectivity index (χ3v) is 2.57. The summed E-state index contributed by atoms with van der Waals surface area (Å²) in [6, 6.07) is 3.12. The van der Waals surface area contributed by atoms with Crippen LogP contribution >= 0.6 is 11.6 Å². The molecule has 0 spiro atoms. The Morgan fingerprint density at radius 2 is 1.90 bits per heavy atom. The summed E-state index contributed by atoms with van der Waals surface area (Å²) in [6.07, 6.45) is -8.21. The second-order valence-electron chi connectivity index (χ2n) is 5.31. The van der Waals surface area contributed by atoms with Gasteiger partial charge in [0.1, 0.15) is 5.60 Å². The quantitative estimate of drug-likeness (QED) is 0.853. The minimum Gasteiger partial charge on any atom is -0.444 e. The molecular formula is C13H15ClF3NO3. The van der Waals surface area contributed by atoms with E-state index in [0.29, 0.717) is 0 Å². The molecule has 21 heavy (non-hydrogen) atoms. The molecular weight excluding hydrogens is 311 g/mol. The van der Waals surface area contributed by atoms with Gasteiger partial charge in [0.25, 0.3) is 0 Å². The molecule has 0 heterocycles. The van der Waals surface area contributed by atoms with E-state index in [2.05, 4.69) is 5.32 Å². The predicted octanol–water partition coefficient (Wildman–Crippen LogP) is 4.28. The van der Waals surface area contributed by atoms with Gasteiger partial charge in [-0.25, -0.2) is 4.79 Å². The number of carbonyl (C=O) groups excluding carboxylic acids is 1. The number of carbonyl (C=O) groups is 1. The number of ether oxygens (including phenoxy) is 1. The van der Waals surface area contributed by atoms with E-state index in [-0.39, 0.29) is 10.7 Å². The van der Waals surface area contributed by atoms with E-state index in [1.165, 1.54) is 0 Å². The number of rotatable bonds is 2. The van der Waals surface area contributed by atoms with Gasteiger partial charge in [-0.15, -0.1) is 0 Å². The average molecular weight is 326 g/mol. The lowest BCUT2D eigenvalue weighted by atomic mass is 10.1. The zero-order valence-corrected chi connectivity index (χ0v) is 12.3. The Balaban J connectivity index is 2.87. The van der Waals surface area contributed by atoms with Crippen LogP contribution in [0.2, 0.25) is 5.02 Å². The number of alkyl halides is 3. The maximum absolute atomic E-state index is 12.4. The van der Waals surface area contributed by atoms with Crippen molar-refractivity contribution in [3.8, 4) is 0 Å². The number of amides is 1. The van der Waals surface area contributed by atoms with Gasteiger partial charge in [-0.2, -0.15) is 13.2 Å². The highest BCUT2D eigenvalue weighted by molar-refractivity contribution is 6.33. The second kappa shape index (κ2) is 6.11. The molecule has 1 atom stereocenters. The lowest BCUT2D eigenvalue weighted by Crippen LogP contribution is -2.27. The standard InChI is InChI=1S/C13H15ClF3NO3/c1-12(2,3)21-11(20)18-9-5-4-7(6-8(9)14)10(19)13(15,16)17/h4-6,10,19H,1-3H3,(H,18,20)/t10-/m0/s1. The monoisotopic (exact) mass is 325 g/mol. The fourth-order valence-electron chi connectivity index (χ4n) is 1.41. The van der Waals surface area contributed by atoms with Crippen LogP contribution in [-0.2, 0) is 4.74 Å². The summed E-state index contributed by atoms with van der Waals surface area (Å²) < 4.78 is 42.1. The third kappa shape index (κ3) is 5.43. The van der Waals surface area contributed by atoms with Gasteiger partial charge in [0.05, 0.1) is 10.7 Å². The first-order chi connectivity index (χ1) is 9.40. The largest absolute Gasteiger partial charge is 0.444 e. The number of benzene rings is 1. The molecule has 0 bridgehead atoms. The van der Waals surface area contributed by atoms with E-state index < -0.39 is 29.5 Å². The summed E-state index contributed by atoms with van der Waals surface area (Å²) in [5.74, 6) is 0. The van der Waals surface area contributed by atoms with Crippen molar-refractivity contribution in [2.45, 2.75) is 38.7 Å². The van der Waals surface area contributed by atoms with Crippen molar-refractivity contribution in [1.82, 2.24) is 0 Å². The Morgan fingerprint density at radius 1 is 1.33 bits per heavy atom. The molecule has 0 aromatic heterocycles. The number of nitrogens with one attached hydrogen (secondary N) is 1. The van der Waals surface area contributed by atoms with Gasteiger partial charge in [-0.1, -0.05) is 17.7 Å². The van der Waals surface area contributed by atoms with Crippen molar-refractivity contribution < 1.29 is 27.8 Å². The van der Waals surface area contributed by atoms with Crippen LogP contribution < -0.4 is 5.32 Å². The van der Waals surface area contributed by atoms with Gasteiger partial charge < -0.3 is 9.84 Å². The molecule has 0 unspecified atom stereocenters. The van der Waals surface area contributed by atoms with Crippen LogP contribution in [0.4, 0.5) is 23.7 Å². The Kier molecular flexibility index (Phi) is 5.11. The first-order valence-corrected chi connectivity index (χ1v) is 6.32. The summed E-state index contributed by atoms with van der Waals surface area (Å²) in [4.78, 5) is 11.5. The Hall–Kier alpha value is -1.47. The summed E-state index contributed by atoms with van der Waals surface area (Å²) in [5, 5.41) is 11.3. The lowest BCUT2D eigenvalue weighted by molar-refractivity contribution is -0.206. The van der Waals surface area contributed by atoms with Crippen LogP contribution in [0.15, 0.2) is 18.2 Å². The van der Waals surface area contributed by atoms with E-state index in [0.717, 1.165) is 18.2 Å². The van der Waals surface area contributed by atoms with Crippen LogP contribution in [0.1, 0.15) is 32.4 Å². The van der Waals surface area contributed by atoms with Crippen LogP contribution in [0.3, 0.4) is 0 Å². The van der Waals surface area contributed by atoms with E-state index in [1.807, 2.05) is 0 Å². The van der Waals surface area contributed by atoms with Crippen molar-refractivity contribution in [3.05, 3.63) is 28.8 Å².